The molecule has 2 unspecified atom stereocenters. The topological polar surface area (TPSA) is 58.6 Å². The summed E-state index contributed by atoms with van der Waals surface area (Å²) in [6, 6.07) is 5.49. The van der Waals surface area contributed by atoms with Crippen molar-refractivity contribution in [1.82, 2.24) is 0 Å². The van der Waals surface area contributed by atoms with Gasteiger partial charge in [0.1, 0.15) is 0 Å². The van der Waals surface area contributed by atoms with E-state index in [0.717, 1.165) is 18.6 Å². The predicted octanol–water partition coefficient (Wildman–Crippen LogP) is 2.28. The lowest BCUT2D eigenvalue weighted by molar-refractivity contribution is 0.0697. The van der Waals surface area contributed by atoms with E-state index >= 15 is 0 Å². The first kappa shape index (κ1) is 11.9. The van der Waals surface area contributed by atoms with Crippen molar-refractivity contribution in [3.63, 3.8) is 0 Å². The minimum Gasteiger partial charge on any atom is -0.478 e. The van der Waals surface area contributed by atoms with Gasteiger partial charge in [0.15, 0.2) is 0 Å². The van der Waals surface area contributed by atoms with Crippen LogP contribution in [0, 0.1) is 6.92 Å². The van der Waals surface area contributed by atoms with Crippen LogP contribution in [-0.2, 0) is 4.74 Å². The molecule has 1 aromatic rings. The van der Waals surface area contributed by atoms with E-state index in [9.17, 15) is 4.79 Å². The van der Waals surface area contributed by atoms with E-state index in [1.165, 1.54) is 0 Å². The van der Waals surface area contributed by atoms with Crippen LogP contribution in [0.5, 0.6) is 0 Å². The number of aryl methyl sites for hydroxylation is 1. The van der Waals surface area contributed by atoms with E-state index in [-0.39, 0.29) is 12.1 Å². The van der Waals surface area contributed by atoms with Crippen LogP contribution in [0.3, 0.4) is 0 Å². The van der Waals surface area contributed by atoms with Gasteiger partial charge >= 0.3 is 5.97 Å². The molecule has 2 atom stereocenters. The van der Waals surface area contributed by atoms with Crippen LogP contribution in [0.2, 0.25) is 0 Å². The molecular formula is C13H17NO3. The molecule has 2 N–H and O–H groups in total. The third-order valence-electron chi connectivity index (χ3n) is 3.21. The molecule has 0 bridgehead atoms. The summed E-state index contributed by atoms with van der Waals surface area (Å²) >= 11 is 0. The Labute approximate surface area is 101 Å². The number of carboxylic acids is 1. The van der Waals surface area contributed by atoms with E-state index in [1.54, 1.807) is 12.1 Å². The molecule has 1 aliphatic heterocycles. The van der Waals surface area contributed by atoms with Gasteiger partial charge in [-0.15, -0.1) is 0 Å². The van der Waals surface area contributed by atoms with E-state index in [0.29, 0.717) is 11.3 Å². The van der Waals surface area contributed by atoms with Gasteiger partial charge in [0.2, 0.25) is 0 Å². The predicted molar refractivity (Wildman–Crippen MR) is 65.6 cm³/mol. The Hall–Kier alpha value is -1.55. The highest BCUT2D eigenvalue weighted by molar-refractivity contribution is 5.95. The maximum Gasteiger partial charge on any atom is 0.337 e. The summed E-state index contributed by atoms with van der Waals surface area (Å²) in [5, 5.41) is 12.5. The number of ether oxygens (including phenoxy) is 1. The number of para-hydroxylation sites is 1. The maximum atomic E-state index is 11.2. The van der Waals surface area contributed by atoms with Crippen molar-refractivity contribution in [2.75, 3.05) is 11.9 Å². The molecule has 0 aromatic heterocycles. The molecule has 2 rings (SSSR count). The largest absolute Gasteiger partial charge is 0.478 e. The van der Waals surface area contributed by atoms with Crippen LogP contribution < -0.4 is 5.32 Å². The summed E-state index contributed by atoms with van der Waals surface area (Å²) in [4.78, 5) is 11.2. The normalized spacial score (nSPS) is 23.6. The van der Waals surface area contributed by atoms with Crippen molar-refractivity contribution in [3.05, 3.63) is 29.3 Å². The van der Waals surface area contributed by atoms with Crippen LogP contribution in [0.15, 0.2) is 18.2 Å². The molecule has 4 nitrogen and oxygen atoms in total. The number of rotatable bonds is 3. The van der Waals surface area contributed by atoms with Crippen molar-refractivity contribution >= 4 is 11.7 Å². The summed E-state index contributed by atoms with van der Waals surface area (Å²) in [5.74, 6) is -0.900. The van der Waals surface area contributed by atoms with Gasteiger partial charge < -0.3 is 15.2 Å². The second-order valence-corrected chi connectivity index (χ2v) is 4.42. The lowest BCUT2D eigenvalue weighted by atomic mass is 10.1. The van der Waals surface area contributed by atoms with Gasteiger partial charge in [-0.3, -0.25) is 0 Å². The molecule has 1 fully saturated rings. The van der Waals surface area contributed by atoms with Gasteiger partial charge in [0.05, 0.1) is 23.4 Å². The third-order valence-corrected chi connectivity index (χ3v) is 3.21. The van der Waals surface area contributed by atoms with Crippen molar-refractivity contribution < 1.29 is 14.6 Å². The summed E-state index contributed by atoms with van der Waals surface area (Å²) in [6.45, 7) is 4.64. The Bertz CT molecular complexity index is 431. The first-order valence-electron chi connectivity index (χ1n) is 5.80. The van der Waals surface area contributed by atoms with Crippen LogP contribution in [-0.4, -0.2) is 29.8 Å². The van der Waals surface area contributed by atoms with Crippen molar-refractivity contribution in [1.29, 1.82) is 0 Å². The second kappa shape index (κ2) is 4.75. The molecule has 0 amide bonds. The number of benzene rings is 1. The fourth-order valence-corrected chi connectivity index (χ4v) is 2.14. The van der Waals surface area contributed by atoms with Crippen LogP contribution in [0.4, 0.5) is 5.69 Å². The van der Waals surface area contributed by atoms with Gasteiger partial charge in [-0.1, -0.05) is 12.1 Å². The summed E-state index contributed by atoms with van der Waals surface area (Å²) in [5.41, 5.74) is 1.98. The standard InChI is InChI=1S/C13H17NO3/c1-8-4-3-5-10(13(15)16)12(8)14-11-6-7-17-9(11)2/h3-5,9,11,14H,6-7H2,1-2H3,(H,15,16). The average molecular weight is 235 g/mol. The maximum absolute atomic E-state index is 11.2. The minimum absolute atomic E-state index is 0.122. The monoisotopic (exact) mass is 235 g/mol. The third kappa shape index (κ3) is 2.42. The molecule has 1 heterocycles. The van der Waals surface area contributed by atoms with E-state index in [4.69, 9.17) is 9.84 Å². The number of aromatic carboxylic acids is 1. The number of anilines is 1. The van der Waals surface area contributed by atoms with E-state index < -0.39 is 5.97 Å². The number of carboxylic acid groups (broad SMARTS) is 1. The first-order chi connectivity index (χ1) is 8.09. The quantitative estimate of drug-likeness (QED) is 0.843. The van der Waals surface area contributed by atoms with Crippen molar-refractivity contribution in [3.8, 4) is 0 Å². The zero-order valence-electron chi connectivity index (χ0n) is 10.1. The van der Waals surface area contributed by atoms with Gasteiger partial charge in [-0.05, 0) is 31.9 Å². The molecular weight excluding hydrogens is 218 g/mol. The molecule has 0 saturated carbocycles. The Morgan fingerprint density at radius 3 is 2.88 bits per heavy atom. The molecule has 4 heteroatoms. The fraction of sp³-hybridized carbons (Fsp3) is 0.462. The van der Waals surface area contributed by atoms with Crippen molar-refractivity contribution in [2.45, 2.75) is 32.4 Å². The number of carbonyl (C=O) groups is 1. The number of hydrogen-bond donors (Lipinski definition) is 2. The van der Waals surface area contributed by atoms with Crippen LogP contribution in [0.25, 0.3) is 0 Å². The Kier molecular flexibility index (Phi) is 3.33. The Morgan fingerprint density at radius 2 is 2.29 bits per heavy atom. The van der Waals surface area contributed by atoms with Crippen LogP contribution >= 0.6 is 0 Å². The molecule has 0 aliphatic carbocycles. The number of nitrogens with one attached hydrogen (secondary N) is 1. The number of hydrogen-bond acceptors (Lipinski definition) is 3. The Balaban J connectivity index is 2.27. The van der Waals surface area contributed by atoms with E-state index in [1.807, 2.05) is 19.9 Å². The zero-order valence-corrected chi connectivity index (χ0v) is 10.1. The fourth-order valence-electron chi connectivity index (χ4n) is 2.14. The molecule has 92 valence electrons. The minimum atomic E-state index is -0.900. The van der Waals surface area contributed by atoms with Gasteiger partial charge in [0, 0.05) is 6.61 Å². The highest BCUT2D eigenvalue weighted by Gasteiger charge is 2.25. The highest BCUT2D eigenvalue weighted by atomic mass is 16.5. The molecule has 1 aliphatic rings. The zero-order chi connectivity index (χ0) is 12.4. The smallest absolute Gasteiger partial charge is 0.337 e. The second-order valence-electron chi connectivity index (χ2n) is 4.42. The SMILES string of the molecule is Cc1cccc(C(=O)O)c1NC1CCOC1C. The highest BCUT2D eigenvalue weighted by Crippen LogP contribution is 2.25. The molecule has 1 saturated heterocycles. The summed E-state index contributed by atoms with van der Waals surface area (Å²) < 4.78 is 5.47. The lowest BCUT2D eigenvalue weighted by Crippen LogP contribution is -2.28. The van der Waals surface area contributed by atoms with Crippen molar-refractivity contribution in [2.24, 2.45) is 0 Å². The lowest BCUT2D eigenvalue weighted by Gasteiger charge is -2.20. The van der Waals surface area contributed by atoms with E-state index in [2.05, 4.69) is 5.32 Å². The summed E-state index contributed by atoms with van der Waals surface area (Å²) in [7, 11) is 0. The summed E-state index contributed by atoms with van der Waals surface area (Å²) in [6.07, 6.45) is 1.03. The van der Waals surface area contributed by atoms with Crippen LogP contribution in [0.1, 0.15) is 29.3 Å². The molecule has 17 heavy (non-hydrogen) atoms. The molecule has 0 spiro atoms. The average Bonchev–Trinajstić information content (AvgIpc) is 2.67. The molecule has 1 aromatic carbocycles. The van der Waals surface area contributed by atoms with Gasteiger partial charge in [-0.25, -0.2) is 4.79 Å². The Morgan fingerprint density at radius 1 is 1.53 bits per heavy atom. The first-order valence-corrected chi connectivity index (χ1v) is 5.80. The van der Waals surface area contributed by atoms with Gasteiger partial charge in [0.25, 0.3) is 0 Å². The van der Waals surface area contributed by atoms with Gasteiger partial charge in [-0.2, -0.15) is 0 Å². The molecule has 0 radical (unpaired) electrons.